The van der Waals surface area contributed by atoms with Gasteiger partial charge in [0.15, 0.2) is 0 Å². The number of amides is 2. The van der Waals surface area contributed by atoms with E-state index in [2.05, 4.69) is 26.3 Å². The number of hydrogen-bond acceptors (Lipinski definition) is 6. The van der Waals surface area contributed by atoms with Gasteiger partial charge in [0, 0.05) is 51.9 Å². The van der Waals surface area contributed by atoms with Gasteiger partial charge in [-0.2, -0.15) is 4.98 Å². The van der Waals surface area contributed by atoms with Crippen molar-refractivity contribution in [2.45, 2.75) is 24.3 Å². The number of urea groups is 1. The lowest BCUT2D eigenvalue weighted by Crippen LogP contribution is -2.28. The average Bonchev–Trinajstić information content (AvgIpc) is 2.94. The summed E-state index contributed by atoms with van der Waals surface area (Å²) < 4.78 is 8.49. The summed E-state index contributed by atoms with van der Waals surface area (Å²) in [6.45, 7) is 1.16. The summed E-state index contributed by atoms with van der Waals surface area (Å²) in [6.07, 6.45) is 3.75. The zero-order chi connectivity index (χ0) is 26.3. The van der Waals surface area contributed by atoms with E-state index >= 15 is 0 Å². The molecule has 0 aliphatic carbocycles. The number of benzene rings is 3. The van der Waals surface area contributed by atoms with Crippen molar-refractivity contribution in [1.82, 2.24) is 15.3 Å². The molecule has 1 unspecified atom stereocenters. The van der Waals surface area contributed by atoms with E-state index in [4.69, 9.17) is 21.4 Å². The predicted octanol–water partition coefficient (Wildman–Crippen LogP) is 6.81. The van der Waals surface area contributed by atoms with E-state index in [0.717, 1.165) is 58.2 Å². The number of carbonyl (C=O) groups excluding carboxylic acids is 1. The van der Waals surface area contributed by atoms with Crippen LogP contribution in [0.2, 0.25) is 5.02 Å². The maximum atomic E-state index is 12.2. The molecule has 1 aromatic heterocycles. The Morgan fingerprint density at radius 1 is 1.05 bits per heavy atom. The maximum absolute atomic E-state index is 12.2. The summed E-state index contributed by atoms with van der Waals surface area (Å²) in [5.74, 6) is 2.11. The van der Waals surface area contributed by atoms with Crippen LogP contribution < -0.4 is 21.3 Å². The van der Waals surface area contributed by atoms with Crippen LogP contribution in [0.15, 0.2) is 83.9 Å². The zero-order valence-electron chi connectivity index (χ0n) is 20.6. The second-order valence-corrected chi connectivity index (χ2v) is 10.9. The first-order valence-electron chi connectivity index (χ1n) is 12.3. The van der Waals surface area contributed by atoms with Gasteiger partial charge in [-0.25, -0.2) is 9.78 Å². The third-order valence-corrected chi connectivity index (χ3v) is 7.82. The molecule has 38 heavy (non-hydrogen) atoms. The van der Waals surface area contributed by atoms with Gasteiger partial charge in [0.25, 0.3) is 0 Å². The number of nitrogens with one attached hydrogen (secondary N) is 5. The number of rotatable bonds is 4. The number of hydrogen-bond donors (Lipinski definition) is 5. The largest absolute Gasteiger partial charge is 0.369 e. The van der Waals surface area contributed by atoms with Crippen LogP contribution in [0.5, 0.6) is 0 Å². The number of fused-ring (bicyclic) bond motifs is 4. The molecule has 4 bridgehead atoms. The van der Waals surface area contributed by atoms with Gasteiger partial charge in [0.2, 0.25) is 5.95 Å². The van der Waals surface area contributed by atoms with Gasteiger partial charge in [0.05, 0.1) is 0 Å². The summed E-state index contributed by atoms with van der Waals surface area (Å²) in [7, 11) is -0.535. The minimum Gasteiger partial charge on any atom is -0.369 e. The van der Waals surface area contributed by atoms with Crippen LogP contribution in [-0.4, -0.2) is 28.3 Å². The SMILES string of the molecule is N=S1CCCCNc2nc(ncc2-c2ccc(CNC(=O)Nc3ccc(Cl)cc3)cc2)Nc2cccc1c2. The molecule has 1 atom stereocenters. The molecule has 0 radical (unpaired) electrons. The van der Waals surface area contributed by atoms with Gasteiger partial charge in [-0.15, -0.1) is 0 Å². The van der Waals surface area contributed by atoms with Gasteiger partial charge < -0.3 is 21.3 Å². The number of carbonyl (C=O) groups is 1. The number of anilines is 4. The monoisotopic (exact) mass is 545 g/mol. The summed E-state index contributed by atoms with van der Waals surface area (Å²) >= 11 is 5.89. The lowest BCUT2D eigenvalue weighted by Gasteiger charge is -2.14. The highest BCUT2D eigenvalue weighted by Crippen LogP contribution is 2.28. The molecule has 0 saturated carbocycles. The van der Waals surface area contributed by atoms with Crippen molar-refractivity contribution in [1.29, 1.82) is 4.78 Å². The molecule has 1 aliphatic rings. The van der Waals surface area contributed by atoms with Crippen LogP contribution in [0.3, 0.4) is 0 Å². The minimum absolute atomic E-state index is 0.286. The van der Waals surface area contributed by atoms with E-state index in [1.54, 1.807) is 24.3 Å². The molecule has 2 heterocycles. The summed E-state index contributed by atoms with van der Waals surface area (Å²) in [6, 6.07) is 22.6. The molecule has 5 N–H and O–H groups in total. The van der Waals surface area contributed by atoms with Crippen LogP contribution >= 0.6 is 11.6 Å². The van der Waals surface area contributed by atoms with Crippen LogP contribution in [0.25, 0.3) is 11.1 Å². The van der Waals surface area contributed by atoms with Crippen molar-refractivity contribution >= 4 is 51.5 Å². The number of aromatic nitrogens is 2. The van der Waals surface area contributed by atoms with E-state index in [-0.39, 0.29) is 6.03 Å². The fourth-order valence-corrected chi connectivity index (χ4v) is 5.40. The van der Waals surface area contributed by atoms with Crippen molar-refractivity contribution in [2.24, 2.45) is 0 Å². The van der Waals surface area contributed by atoms with Crippen LogP contribution in [0, 0.1) is 4.78 Å². The first kappa shape index (κ1) is 25.7. The first-order chi connectivity index (χ1) is 18.5. The topological polar surface area (TPSA) is 115 Å². The van der Waals surface area contributed by atoms with E-state index in [1.165, 1.54) is 0 Å². The molecule has 1 aliphatic heterocycles. The second kappa shape index (κ2) is 12.1. The fraction of sp³-hybridized carbons (Fsp3) is 0.179. The molecule has 4 aromatic rings. The highest BCUT2D eigenvalue weighted by Gasteiger charge is 2.12. The Bertz CT molecular complexity index is 1440. The quantitative estimate of drug-likeness (QED) is 0.193. The maximum Gasteiger partial charge on any atom is 0.319 e. The molecule has 3 aromatic carbocycles. The first-order valence-corrected chi connectivity index (χ1v) is 14.1. The van der Waals surface area contributed by atoms with Crippen molar-refractivity contribution in [2.75, 3.05) is 28.2 Å². The molecule has 2 amide bonds. The smallest absolute Gasteiger partial charge is 0.319 e. The molecule has 0 saturated heterocycles. The molecule has 194 valence electrons. The Morgan fingerprint density at radius 2 is 1.87 bits per heavy atom. The van der Waals surface area contributed by atoms with Gasteiger partial charge in [-0.3, -0.25) is 4.78 Å². The highest BCUT2D eigenvalue weighted by atomic mass is 35.5. The van der Waals surface area contributed by atoms with Crippen molar-refractivity contribution in [3.63, 3.8) is 0 Å². The van der Waals surface area contributed by atoms with Gasteiger partial charge in [0.1, 0.15) is 5.82 Å². The predicted molar refractivity (Wildman–Crippen MR) is 155 cm³/mol. The average molecular weight is 546 g/mol. The third kappa shape index (κ3) is 6.67. The van der Waals surface area contributed by atoms with Gasteiger partial charge >= 0.3 is 6.03 Å². The normalized spacial score (nSPS) is 15.0. The Labute approximate surface area is 229 Å². The Balaban J connectivity index is 1.28. The molecule has 5 rings (SSSR count). The number of nitrogens with zero attached hydrogens (tertiary/aromatic N) is 2. The molecule has 10 heteroatoms. The van der Waals surface area contributed by atoms with E-state index in [1.807, 2.05) is 54.7 Å². The summed E-state index contributed by atoms with van der Waals surface area (Å²) in [4.78, 5) is 22.6. The Hall–Kier alpha value is -3.95. The highest BCUT2D eigenvalue weighted by molar-refractivity contribution is 7.86. The second-order valence-electron chi connectivity index (χ2n) is 8.85. The van der Waals surface area contributed by atoms with Crippen LogP contribution in [-0.2, 0) is 17.2 Å². The zero-order valence-corrected chi connectivity index (χ0v) is 22.2. The fourth-order valence-electron chi connectivity index (χ4n) is 4.03. The molecular weight excluding hydrogens is 518 g/mol. The number of halogens is 1. The van der Waals surface area contributed by atoms with Crippen molar-refractivity contribution in [3.8, 4) is 11.1 Å². The van der Waals surface area contributed by atoms with E-state index in [0.29, 0.717) is 23.2 Å². The molecule has 8 nitrogen and oxygen atoms in total. The van der Waals surface area contributed by atoms with E-state index < -0.39 is 10.7 Å². The minimum atomic E-state index is -0.535. The van der Waals surface area contributed by atoms with Crippen LogP contribution in [0.4, 0.5) is 27.9 Å². The van der Waals surface area contributed by atoms with Gasteiger partial charge in [-0.1, -0.05) is 52.6 Å². The Morgan fingerprint density at radius 3 is 2.68 bits per heavy atom. The summed E-state index contributed by atoms with van der Waals surface area (Å²) in [5, 5.41) is 13.0. The third-order valence-electron chi connectivity index (χ3n) is 6.05. The van der Waals surface area contributed by atoms with Crippen LogP contribution in [0.1, 0.15) is 18.4 Å². The van der Waals surface area contributed by atoms with Crippen molar-refractivity contribution in [3.05, 3.63) is 89.6 Å². The Kier molecular flexibility index (Phi) is 8.15. The standard InChI is InChI=1S/C28H28ClN7OS/c29-21-10-12-22(13-11-21)35-28(37)33-17-19-6-8-20(9-7-19)25-18-32-27-34-23-4-3-5-24(16-23)38(30)15-2-1-14-31-26(25)36-27/h3-13,16,18,30H,1-2,14-15,17H2,(H2,33,35,37)(H2,31,32,34,36). The molecule has 0 spiro atoms. The lowest BCUT2D eigenvalue weighted by molar-refractivity contribution is 0.251. The summed E-state index contributed by atoms with van der Waals surface area (Å²) in [5.41, 5.74) is 4.40. The molecule has 0 fully saturated rings. The molecular formula is C28H28ClN7OS. The van der Waals surface area contributed by atoms with Crippen molar-refractivity contribution < 1.29 is 4.79 Å². The lowest BCUT2D eigenvalue weighted by atomic mass is 10.1. The van der Waals surface area contributed by atoms with E-state index in [9.17, 15) is 4.79 Å². The van der Waals surface area contributed by atoms with Gasteiger partial charge in [-0.05, 0) is 66.4 Å².